The number of nitrogens with one attached hydrogen (secondary N) is 3. The average Bonchev–Trinajstić information content (AvgIpc) is 3.73. The highest BCUT2D eigenvalue weighted by atomic mass is 35.5. The van der Waals surface area contributed by atoms with Crippen LogP contribution in [0.2, 0.25) is 5.02 Å². The number of aromatic nitrogens is 1. The zero-order chi connectivity index (χ0) is 33.1. The molecule has 2 heterocycles. The number of amides is 3. The summed E-state index contributed by atoms with van der Waals surface area (Å²) in [4.78, 5) is 32.2. The number of nitriles is 1. The Hall–Kier alpha value is -3.69. The summed E-state index contributed by atoms with van der Waals surface area (Å²) in [6, 6.07) is 15.7. The summed E-state index contributed by atoms with van der Waals surface area (Å²) < 4.78 is 31.9. The molecule has 1 aliphatic heterocycles. The van der Waals surface area contributed by atoms with Gasteiger partial charge in [0.2, 0.25) is 5.91 Å². The lowest BCUT2D eigenvalue weighted by Crippen LogP contribution is -2.52. The van der Waals surface area contributed by atoms with Gasteiger partial charge in [0.15, 0.2) is 0 Å². The van der Waals surface area contributed by atoms with Crippen molar-refractivity contribution in [1.29, 1.82) is 5.26 Å². The van der Waals surface area contributed by atoms with Crippen molar-refractivity contribution in [3.63, 3.8) is 0 Å². The van der Waals surface area contributed by atoms with Crippen LogP contribution in [0.25, 0.3) is 0 Å². The van der Waals surface area contributed by atoms with Crippen LogP contribution < -0.4 is 15.4 Å². The predicted molar refractivity (Wildman–Crippen MR) is 178 cm³/mol. The first-order valence-corrected chi connectivity index (χ1v) is 16.9. The number of anilines is 2. The van der Waals surface area contributed by atoms with Crippen molar-refractivity contribution in [3.8, 4) is 6.07 Å². The molecule has 3 amide bonds. The third-order valence-electron chi connectivity index (χ3n) is 8.43. The Morgan fingerprint density at radius 3 is 2.54 bits per heavy atom. The standard InChI is InChI=1S/C34H38ClFN6O3S/c1-33(2,3)46(45)41-34(16-15-22-9-10-22,24-7-4-6-23(18-24)20-37)25-11-13-27(36)28(19-25)39-31(43)29-8-5-17-42(29)32(44)40-30-14-12-26(35)21-38-30/h4,6-7,11-14,18-19,21-22,29,41H,5,8-10,15-17H2,1-3H3,(H,39,43)(H,38,40,44)/t29-,34?,46-/m1/s1. The topological polar surface area (TPSA) is 133 Å². The molecule has 3 aromatic rings. The second-order valence-corrected chi connectivity index (χ2v) is 15.3. The van der Waals surface area contributed by atoms with E-state index in [-0.39, 0.29) is 5.69 Å². The largest absolute Gasteiger partial charge is 0.598 e. The number of nitrogens with zero attached hydrogens (tertiary/aromatic N) is 3. The summed E-state index contributed by atoms with van der Waals surface area (Å²) in [6.45, 7) is 5.96. The van der Waals surface area contributed by atoms with Crippen LogP contribution in [0.4, 0.5) is 20.7 Å². The van der Waals surface area contributed by atoms with Crippen LogP contribution in [-0.4, -0.2) is 43.7 Å². The van der Waals surface area contributed by atoms with E-state index < -0.39 is 45.4 Å². The monoisotopic (exact) mass is 664 g/mol. The molecule has 1 saturated carbocycles. The van der Waals surface area contributed by atoms with E-state index in [1.165, 1.54) is 17.2 Å². The number of likely N-dealkylation sites (tertiary alicyclic amines) is 1. The second kappa shape index (κ2) is 14.0. The molecule has 1 aromatic heterocycles. The van der Waals surface area contributed by atoms with E-state index in [1.54, 1.807) is 42.5 Å². The van der Waals surface area contributed by atoms with Crippen molar-refractivity contribution in [2.75, 3.05) is 17.2 Å². The van der Waals surface area contributed by atoms with Gasteiger partial charge in [-0.15, -0.1) is 4.72 Å². The van der Waals surface area contributed by atoms with E-state index in [9.17, 15) is 19.4 Å². The molecule has 0 bridgehead atoms. The van der Waals surface area contributed by atoms with E-state index in [4.69, 9.17) is 11.6 Å². The van der Waals surface area contributed by atoms with E-state index in [1.807, 2.05) is 26.8 Å². The predicted octanol–water partition coefficient (Wildman–Crippen LogP) is 6.87. The van der Waals surface area contributed by atoms with Crippen LogP contribution >= 0.6 is 11.6 Å². The Bertz CT molecular complexity index is 1620. The molecule has 0 radical (unpaired) electrons. The molecule has 9 nitrogen and oxygen atoms in total. The van der Waals surface area contributed by atoms with E-state index in [0.717, 1.165) is 24.8 Å². The first-order chi connectivity index (χ1) is 21.9. The molecule has 0 spiro atoms. The zero-order valence-corrected chi connectivity index (χ0v) is 27.7. The van der Waals surface area contributed by atoms with Crippen molar-refractivity contribution < 1.29 is 18.5 Å². The summed E-state index contributed by atoms with van der Waals surface area (Å²) in [5, 5.41) is 15.6. The van der Waals surface area contributed by atoms with Crippen LogP contribution in [0.3, 0.4) is 0 Å². The fourth-order valence-corrected chi connectivity index (χ4v) is 6.71. The zero-order valence-electron chi connectivity index (χ0n) is 26.1. The number of rotatable bonds is 10. The van der Waals surface area contributed by atoms with Gasteiger partial charge in [0.1, 0.15) is 28.0 Å². The van der Waals surface area contributed by atoms with Crippen LogP contribution in [0.5, 0.6) is 0 Å². The molecule has 1 aliphatic carbocycles. The number of pyridine rings is 1. The van der Waals surface area contributed by atoms with Gasteiger partial charge in [-0.1, -0.05) is 42.6 Å². The van der Waals surface area contributed by atoms with Gasteiger partial charge >= 0.3 is 6.03 Å². The molecule has 1 unspecified atom stereocenters. The van der Waals surface area contributed by atoms with Crippen molar-refractivity contribution in [2.24, 2.45) is 5.92 Å². The summed E-state index contributed by atoms with van der Waals surface area (Å²) in [6.07, 6.45) is 6.02. The van der Waals surface area contributed by atoms with Gasteiger partial charge in [-0.3, -0.25) is 10.1 Å². The van der Waals surface area contributed by atoms with E-state index >= 15 is 4.39 Å². The molecule has 5 rings (SSSR count). The number of urea groups is 1. The van der Waals surface area contributed by atoms with Gasteiger partial charge < -0.3 is 14.8 Å². The molecule has 12 heteroatoms. The second-order valence-electron chi connectivity index (χ2n) is 12.9. The van der Waals surface area contributed by atoms with Crippen molar-refractivity contribution >= 4 is 46.4 Å². The smallest absolute Gasteiger partial charge is 0.323 e. The Labute approximate surface area is 277 Å². The van der Waals surface area contributed by atoms with Crippen LogP contribution in [0, 0.1) is 23.1 Å². The molecule has 242 valence electrons. The van der Waals surface area contributed by atoms with Gasteiger partial charge in [0.05, 0.1) is 22.3 Å². The molecule has 2 aliphatic rings. The fourth-order valence-electron chi connectivity index (χ4n) is 5.63. The number of carbonyl (C=O) groups is 2. The Kier molecular flexibility index (Phi) is 10.2. The Morgan fingerprint density at radius 2 is 1.87 bits per heavy atom. The maximum Gasteiger partial charge on any atom is 0.323 e. The SMILES string of the molecule is CC(C)(C)[S@@+]([O-])NC(CCC1CC1)(c1cccc(C#N)c1)c1ccc(F)c(NC(=O)[C@H]2CCCN2C(=O)Nc2ccc(Cl)cn2)c1. The maximum absolute atomic E-state index is 15.4. The Morgan fingerprint density at radius 1 is 1.11 bits per heavy atom. The molecule has 3 atom stereocenters. The van der Waals surface area contributed by atoms with E-state index in [2.05, 4.69) is 26.4 Å². The number of hydrogen-bond donors (Lipinski definition) is 3. The number of benzene rings is 2. The highest BCUT2D eigenvalue weighted by Crippen LogP contribution is 2.43. The normalized spacial score (nSPS) is 18.4. The first-order valence-electron chi connectivity index (χ1n) is 15.4. The first kappa shape index (κ1) is 33.7. The minimum Gasteiger partial charge on any atom is -0.598 e. The van der Waals surface area contributed by atoms with Crippen molar-refractivity contribution in [2.45, 2.75) is 75.6 Å². The molecule has 46 heavy (non-hydrogen) atoms. The molecule has 2 aromatic carbocycles. The minimum absolute atomic E-state index is 0.0512. The van der Waals surface area contributed by atoms with Crippen LogP contribution in [0.15, 0.2) is 60.8 Å². The molecular weight excluding hydrogens is 627 g/mol. The fraction of sp³-hybridized carbons (Fsp3) is 0.412. The third-order valence-corrected chi connectivity index (χ3v) is 10.3. The van der Waals surface area contributed by atoms with Crippen LogP contribution in [0.1, 0.15) is 76.0 Å². The van der Waals surface area contributed by atoms with Crippen LogP contribution in [-0.2, 0) is 21.7 Å². The van der Waals surface area contributed by atoms with E-state index in [0.29, 0.717) is 53.7 Å². The molecule has 2 fully saturated rings. The Balaban J connectivity index is 1.47. The number of halogens is 2. The lowest BCUT2D eigenvalue weighted by Gasteiger charge is -2.39. The minimum atomic E-state index is -1.54. The lowest BCUT2D eigenvalue weighted by atomic mass is 9.79. The van der Waals surface area contributed by atoms with Crippen molar-refractivity contribution in [1.82, 2.24) is 14.6 Å². The lowest BCUT2D eigenvalue weighted by molar-refractivity contribution is -0.119. The van der Waals surface area contributed by atoms with Gasteiger partial charge in [-0.25, -0.2) is 14.2 Å². The molecular formula is C34H38ClFN6O3S. The van der Waals surface area contributed by atoms with Gasteiger partial charge in [0, 0.05) is 24.1 Å². The van der Waals surface area contributed by atoms with Gasteiger partial charge in [-0.05, 0) is 99.9 Å². The van der Waals surface area contributed by atoms with Gasteiger partial charge in [-0.2, -0.15) is 5.26 Å². The quantitative estimate of drug-likeness (QED) is 0.203. The average molecular weight is 665 g/mol. The number of carbonyl (C=O) groups excluding carboxylic acids is 2. The maximum atomic E-state index is 15.4. The summed E-state index contributed by atoms with van der Waals surface area (Å²) in [5.74, 6) is -0.336. The molecule has 1 saturated heterocycles. The highest BCUT2D eigenvalue weighted by molar-refractivity contribution is 7.90. The summed E-state index contributed by atoms with van der Waals surface area (Å²) in [5.41, 5.74) is 0.673. The highest BCUT2D eigenvalue weighted by Gasteiger charge is 2.44. The number of hydrogen-bond acceptors (Lipinski definition) is 6. The van der Waals surface area contributed by atoms with Gasteiger partial charge in [0.25, 0.3) is 0 Å². The van der Waals surface area contributed by atoms with Crippen molar-refractivity contribution in [3.05, 3.63) is 88.3 Å². The third kappa shape index (κ3) is 7.81. The molecule has 3 N–H and O–H groups in total. The summed E-state index contributed by atoms with van der Waals surface area (Å²) >= 11 is 4.35. The summed E-state index contributed by atoms with van der Waals surface area (Å²) in [7, 11) is 0.